The van der Waals surface area contributed by atoms with Crippen molar-refractivity contribution in [2.45, 2.75) is 39.5 Å². The minimum absolute atomic E-state index is 0.0612. The Hall–Kier alpha value is -0.243. The van der Waals surface area contributed by atoms with Crippen LogP contribution in [0.25, 0.3) is 0 Å². The molecular formula is C8H18OSi. The molecule has 0 saturated heterocycles. The largest absolute Gasteiger partial charge is 0.499 e. The van der Waals surface area contributed by atoms with Crippen LogP contribution in [-0.4, -0.2) is 14.4 Å². The molecule has 0 aromatic rings. The van der Waals surface area contributed by atoms with Crippen molar-refractivity contribution in [2.24, 2.45) is 0 Å². The maximum Gasteiger partial charge on any atom is 0.108 e. The van der Waals surface area contributed by atoms with Gasteiger partial charge in [-0.2, -0.15) is 0 Å². The third kappa shape index (κ3) is 4.62. The van der Waals surface area contributed by atoms with E-state index in [1.54, 1.807) is 0 Å². The van der Waals surface area contributed by atoms with Crippen LogP contribution in [0.4, 0.5) is 0 Å². The molecule has 2 heteroatoms. The Morgan fingerprint density at radius 3 is 1.80 bits per heavy atom. The normalized spacial score (nSPS) is 11.8. The monoisotopic (exact) mass is 158 g/mol. The summed E-state index contributed by atoms with van der Waals surface area (Å²) in [6, 6.07) is 0. The van der Waals surface area contributed by atoms with Gasteiger partial charge < -0.3 is 4.74 Å². The van der Waals surface area contributed by atoms with E-state index in [0.29, 0.717) is 0 Å². The van der Waals surface area contributed by atoms with E-state index in [1.165, 1.54) is 0 Å². The Morgan fingerprint density at radius 2 is 1.70 bits per heavy atom. The van der Waals surface area contributed by atoms with Crippen molar-refractivity contribution in [1.82, 2.24) is 0 Å². The average molecular weight is 158 g/mol. The molecule has 0 aliphatic carbocycles. The fraction of sp³-hybridized carbons (Fsp3) is 0.750. The van der Waals surface area contributed by atoms with Gasteiger partial charge in [-0.3, -0.25) is 0 Å². The maximum atomic E-state index is 5.57. The van der Waals surface area contributed by atoms with Crippen LogP contribution in [0.3, 0.4) is 0 Å². The first-order valence-electron chi connectivity index (χ1n) is 3.71. The van der Waals surface area contributed by atoms with E-state index in [-0.39, 0.29) is 5.60 Å². The van der Waals surface area contributed by atoms with Gasteiger partial charge >= 0.3 is 0 Å². The highest BCUT2D eigenvalue weighted by Crippen LogP contribution is 2.13. The summed E-state index contributed by atoms with van der Waals surface area (Å²) in [6.07, 6.45) is 0. The van der Waals surface area contributed by atoms with Crippen molar-refractivity contribution < 1.29 is 4.74 Å². The zero-order valence-corrected chi connectivity index (χ0v) is 8.85. The smallest absolute Gasteiger partial charge is 0.108 e. The van der Waals surface area contributed by atoms with Gasteiger partial charge in [0.05, 0.1) is 11.0 Å². The van der Waals surface area contributed by atoms with Gasteiger partial charge in [0.25, 0.3) is 0 Å². The van der Waals surface area contributed by atoms with Crippen LogP contribution >= 0.6 is 0 Å². The molecule has 0 atom stereocenters. The Kier molecular flexibility index (Phi) is 3.16. The summed E-state index contributed by atoms with van der Waals surface area (Å²) in [5, 5.41) is 1.01. The second kappa shape index (κ2) is 3.24. The van der Waals surface area contributed by atoms with E-state index in [1.807, 2.05) is 0 Å². The Labute approximate surface area is 65.7 Å². The van der Waals surface area contributed by atoms with E-state index < -0.39 is 8.80 Å². The van der Waals surface area contributed by atoms with E-state index in [2.05, 4.69) is 40.4 Å². The van der Waals surface area contributed by atoms with Crippen LogP contribution in [0, 0.1) is 0 Å². The van der Waals surface area contributed by atoms with Gasteiger partial charge in [0, 0.05) is 0 Å². The maximum absolute atomic E-state index is 5.57. The van der Waals surface area contributed by atoms with E-state index in [0.717, 1.165) is 5.38 Å². The summed E-state index contributed by atoms with van der Waals surface area (Å²) in [4.78, 5) is 0. The van der Waals surface area contributed by atoms with E-state index in [9.17, 15) is 0 Å². The Morgan fingerprint density at radius 1 is 1.30 bits per heavy atom. The molecule has 0 spiro atoms. The molecule has 0 aromatic carbocycles. The quantitative estimate of drug-likeness (QED) is 0.443. The van der Waals surface area contributed by atoms with Crippen LogP contribution in [0.15, 0.2) is 12.0 Å². The van der Waals surface area contributed by atoms with Gasteiger partial charge in [-0.25, -0.2) is 0 Å². The molecule has 10 heavy (non-hydrogen) atoms. The molecule has 0 radical (unpaired) electrons. The summed E-state index contributed by atoms with van der Waals surface area (Å²) >= 11 is 0. The first-order valence-corrected chi connectivity index (χ1v) is 6.59. The minimum Gasteiger partial charge on any atom is -0.499 e. The molecule has 0 unspecified atom stereocenters. The van der Waals surface area contributed by atoms with Crippen molar-refractivity contribution in [1.29, 1.82) is 0 Å². The third-order valence-corrected chi connectivity index (χ3v) is 2.49. The number of hydrogen-bond acceptors (Lipinski definition) is 1. The lowest BCUT2D eigenvalue weighted by Crippen LogP contribution is -2.23. The molecule has 0 bridgehead atoms. The lowest BCUT2D eigenvalue weighted by Gasteiger charge is -2.24. The summed E-state index contributed by atoms with van der Waals surface area (Å²) in [5.74, 6) is 0. The van der Waals surface area contributed by atoms with Crippen molar-refractivity contribution >= 4 is 8.80 Å². The minimum atomic E-state index is -0.781. The predicted molar refractivity (Wildman–Crippen MR) is 48.9 cm³/mol. The first-order chi connectivity index (χ1) is 4.33. The second-order valence-corrected chi connectivity index (χ2v) is 6.79. The molecular weight excluding hydrogens is 140 g/mol. The zero-order chi connectivity index (χ0) is 8.36. The van der Waals surface area contributed by atoms with Crippen LogP contribution in [0.1, 0.15) is 20.8 Å². The standard InChI is InChI=1S/C8H18OSi/c1-7(10(5)6)9-8(2,3)4/h10H,1H2,2-6H3. The topological polar surface area (TPSA) is 9.23 Å². The number of ether oxygens (including phenoxy) is 1. The van der Waals surface area contributed by atoms with Crippen molar-refractivity contribution in [3.63, 3.8) is 0 Å². The highest BCUT2D eigenvalue weighted by Gasteiger charge is 2.14. The molecule has 0 amide bonds. The van der Waals surface area contributed by atoms with E-state index in [4.69, 9.17) is 4.74 Å². The Bertz CT molecular complexity index is 122. The van der Waals surface area contributed by atoms with Crippen LogP contribution < -0.4 is 0 Å². The highest BCUT2D eigenvalue weighted by molar-refractivity contribution is 6.63. The molecule has 0 heterocycles. The predicted octanol–water partition coefficient (Wildman–Crippen LogP) is 2.34. The van der Waals surface area contributed by atoms with Crippen LogP contribution in [0.2, 0.25) is 13.1 Å². The summed E-state index contributed by atoms with van der Waals surface area (Å²) in [6.45, 7) is 14.5. The lowest BCUT2D eigenvalue weighted by molar-refractivity contribution is 0.0667. The van der Waals surface area contributed by atoms with Crippen molar-refractivity contribution in [2.75, 3.05) is 0 Å². The Balaban J connectivity index is 3.81. The summed E-state index contributed by atoms with van der Waals surface area (Å²) < 4.78 is 5.57. The third-order valence-electron chi connectivity index (χ3n) is 1.08. The van der Waals surface area contributed by atoms with Gasteiger partial charge in [-0.05, 0) is 20.8 Å². The highest BCUT2D eigenvalue weighted by atomic mass is 28.3. The van der Waals surface area contributed by atoms with Crippen LogP contribution in [-0.2, 0) is 4.74 Å². The van der Waals surface area contributed by atoms with Gasteiger partial charge in [0.1, 0.15) is 8.80 Å². The molecule has 0 aliphatic rings. The molecule has 0 saturated carbocycles. The molecule has 0 rings (SSSR count). The van der Waals surface area contributed by atoms with Gasteiger partial charge in [0.15, 0.2) is 0 Å². The van der Waals surface area contributed by atoms with Crippen molar-refractivity contribution in [3.8, 4) is 0 Å². The summed E-state index contributed by atoms with van der Waals surface area (Å²) in [7, 11) is -0.781. The van der Waals surface area contributed by atoms with Gasteiger partial charge in [0.2, 0.25) is 0 Å². The molecule has 60 valence electrons. The lowest BCUT2D eigenvalue weighted by atomic mass is 10.2. The molecule has 0 fully saturated rings. The molecule has 0 aliphatic heterocycles. The number of hydrogen-bond donors (Lipinski definition) is 0. The number of rotatable bonds is 2. The summed E-state index contributed by atoms with van der Waals surface area (Å²) in [5.41, 5.74) is -0.0612. The van der Waals surface area contributed by atoms with E-state index >= 15 is 0 Å². The second-order valence-electron chi connectivity index (χ2n) is 3.84. The zero-order valence-electron chi connectivity index (χ0n) is 7.69. The fourth-order valence-corrected chi connectivity index (χ4v) is 1.10. The SMILES string of the molecule is C=C(OC(C)(C)C)[SiH](C)C. The molecule has 0 aromatic heterocycles. The van der Waals surface area contributed by atoms with Gasteiger partial charge in [-0.1, -0.05) is 19.7 Å². The average Bonchev–Trinajstić information content (AvgIpc) is 1.60. The molecule has 1 nitrogen and oxygen atoms in total. The fourth-order valence-electron chi connectivity index (χ4n) is 0.511. The van der Waals surface area contributed by atoms with Crippen molar-refractivity contribution in [3.05, 3.63) is 12.0 Å². The van der Waals surface area contributed by atoms with Crippen LogP contribution in [0.5, 0.6) is 0 Å². The molecule has 0 N–H and O–H groups in total. The first kappa shape index (κ1) is 9.76. The van der Waals surface area contributed by atoms with Gasteiger partial charge in [-0.15, -0.1) is 0 Å².